The van der Waals surface area contributed by atoms with Crippen molar-refractivity contribution in [1.29, 1.82) is 0 Å². The van der Waals surface area contributed by atoms with E-state index in [9.17, 15) is 13.6 Å². The molecule has 1 saturated carbocycles. The molecule has 0 saturated heterocycles. The van der Waals surface area contributed by atoms with Crippen molar-refractivity contribution in [2.45, 2.75) is 25.3 Å². The third kappa shape index (κ3) is 4.44. The molecule has 1 aliphatic carbocycles. The first-order valence-corrected chi connectivity index (χ1v) is 13.9. The largest absolute Gasteiger partial charge is 0.422 e. The topological polar surface area (TPSA) is 58.7 Å². The summed E-state index contributed by atoms with van der Waals surface area (Å²) >= 11 is 1.37. The second-order valence-electron chi connectivity index (χ2n) is 10.0. The van der Waals surface area contributed by atoms with Crippen LogP contribution in [0, 0.1) is 17.6 Å². The normalized spacial score (nSPS) is 19.7. The minimum absolute atomic E-state index is 0.0731. The lowest BCUT2D eigenvalue weighted by atomic mass is 9.77. The molecule has 0 amide bonds. The maximum Gasteiger partial charge on any atom is 0.345 e. The highest BCUT2D eigenvalue weighted by Crippen LogP contribution is 2.47. The molecule has 7 rings (SSSR count). The van der Waals surface area contributed by atoms with E-state index in [1.165, 1.54) is 35.6 Å². The van der Waals surface area contributed by atoms with Crippen LogP contribution in [-0.2, 0) is 0 Å². The number of halogens is 2. The Morgan fingerprint density at radius 1 is 0.975 bits per heavy atom. The molecule has 8 heteroatoms. The fourth-order valence-corrected chi connectivity index (χ4v) is 6.55. The van der Waals surface area contributed by atoms with Crippen molar-refractivity contribution in [3.05, 3.63) is 124 Å². The van der Waals surface area contributed by atoms with E-state index >= 15 is 0 Å². The van der Waals surface area contributed by atoms with Crippen molar-refractivity contribution in [2.24, 2.45) is 11.0 Å². The van der Waals surface area contributed by atoms with Gasteiger partial charge >= 0.3 is 5.63 Å². The molecule has 0 N–H and O–H groups in total. The molecule has 5 nitrogen and oxygen atoms in total. The minimum Gasteiger partial charge on any atom is -0.422 e. The highest BCUT2D eigenvalue weighted by molar-refractivity contribution is 7.18. The summed E-state index contributed by atoms with van der Waals surface area (Å²) in [7, 11) is 0. The number of hydrazone groups is 1. The summed E-state index contributed by atoms with van der Waals surface area (Å²) in [6.45, 7) is 0. The van der Waals surface area contributed by atoms with Gasteiger partial charge in [-0.2, -0.15) is 5.10 Å². The molecule has 0 radical (unpaired) electrons. The molecule has 0 spiro atoms. The third-order valence-electron chi connectivity index (χ3n) is 7.52. The summed E-state index contributed by atoms with van der Waals surface area (Å²) in [6, 6.07) is 22.0. The molecular formula is C32H23F2N3O2S. The summed E-state index contributed by atoms with van der Waals surface area (Å²) in [5.41, 5.74) is 4.48. The second-order valence-corrected chi connectivity index (χ2v) is 11.0. The van der Waals surface area contributed by atoms with Crippen molar-refractivity contribution in [2.75, 3.05) is 5.01 Å². The fourth-order valence-electron chi connectivity index (χ4n) is 5.64. The van der Waals surface area contributed by atoms with E-state index in [4.69, 9.17) is 9.52 Å². The van der Waals surface area contributed by atoms with E-state index in [0.717, 1.165) is 47.1 Å². The molecule has 3 heterocycles. The van der Waals surface area contributed by atoms with Crippen LogP contribution in [-0.4, -0.2) is 10.7 Å². The van der Waals surface area contributed by atoms with Crippen molar-refractivity contribution in [3.63, 3.8) is 0 Å². The molecule has 1 aliphatic heterocycles. The van der Waals surface area contributed by atoms with Gasteiger partial charge in [0.1, 0.15) is 17.2 Å². The van der Waals surface area contributed by atoms with E-state index in [-0.39, 0.29) is 23.6 Å². The standard InChI is InChI=1S/C32H23F2N3O2S/c33-23-12-8-19(9-13-23)16-22-5-3-6-25-29(22)36-37(30(25)20-10-14-24(34)15-11-20)32-35-18-28(40-32)26-17-21-4-1-2-7-27(21)39-31(26)38/h1-2,4,7-18,25,30H,3,5-6H2/b22-16+. The zero-order valence-corrected chi connectivity index (χ0v) is 22.1. The highest BCUT2D eigenvalue weighted by atomic mass is 32.1. The third-order valence-corrected chi connectivity index (χ3v) is 8.54. The number of para-hydroxylation sites is 1. The van der Waals surface area contributed by atoms with Gasteiger partial charge in [-0.25, -0.2) is 23.6 Å². The zero-order valence-electron chi connectivity index (χ0n) is 21.3. The van der Waals surface area contributed by atoms with Gasteiger partial charge in [-0.3, -0.25) is 0 Å². The van der Waals surface area contributed by atoms with Gasteiger partial charge in [0.25, 0.3) is 0 Å². The Bertz CT molecular complexity index is 1840. The average Bonchev–Trinajstić information content (AvgIpc) is 3.60. The Hall–Kier alpha value is -4.43. The first kappa shape index (κ1) is 24.6. The van der Waals surface area contributed by atoms with E-state index in [0.29, 0.717) is 21.2 Å². The number of nitrogens with zero attached hydrogens (tertiary/aromatic N) is 3. The minimum atomic E-state index is -0.421. The number of anilines is 1. The lowest BCUT2D eigenvalue weighted by molar-refractivity contribution is 0.486. The molecule has 2 aromatic heterocycles. The maximum absolute atomic E-state index is 13.9. The first-order chi connectivity index (χ1) is 19.5. The number of benzene rings is 3. The van der Waals surface area contributed by atoms with Crippen LogP contribution in [0.25, 0.3) is 27.5 Å². The van der Waals surface area contributed by atoms with Crippen molar-refractivity contribution in [3.8, 4) is 10.4 Å². The number of rotatable bonds is 4. The van der Waals surface area contributed by atoms with Gasteiger partial charge in [-0.05, 0) is 78.4 Å². The van der Waals surface area contributed by atoms with Crippen molar-refractivity contribution >= 4 is 39.2 Å². The molecule has 2 atom stereocenters. The van der Waals surface area contributed by atoms with Crippen LogP contribution < -0.4 is 10.6 Å². The Balaban J connectivity index is 1.31. The number of hydrogen-bond donors (Lipinski definition) is 0. The fraction of sp³-hybridized carbons (Fsp3) is 0.156. The molecule has 0 bridgehead atoms. The second kappa shape index (κ2) is 9.95. The average molecular weight is 552 g/mol. The van der Waals surface area contributed by atoms with Crippen LogP contribution in [0.5, 0.6) is 0 Å². The number of fused-ring (bicyclic) bond motifs is 2. The summed E-state index contributed by atoms with van der Waals surface area (Å²) in [5.74, 6) is -0.497. The van der Waals surface area contributed by atoms with Crippen LogP contribution in [0.1, 0.15) is 36.4 Å². The van der Waals surface area contributed by atoms with Crippen LogP contribution >= 0.6 is 11.3 Å². The van der Waals surface area contributed by atoms with Gasteiger partial charge < -0.3 is 4.42 Å². The highest BCUT2D eigenvalue weighted by Gasteiger charge is 2.43. The van der Waals surface area contributed by atoms with Crippen molar-refractivity contribution in [1.82, 2.24) is 4.98 Å². The number of aromatic nitrogens is 1. The molecule has 5 aromatic rings. The summed E-state index contributed by atoms with van der Waals surface area (Å²) in [6.07, 6.45) is 6.51. The van der Waals surface area contributed by atoms with Gasteiger partial charge in [-0.1, -0.05) is 53.8 Å². The van der Waals surface area contributed by atoms with Gasteiger partial charge in [-0.15, -0.1) is 0 Å². The van der Waals surface area contributed by atoms with E-state index in [1.807, 2.05) is 29.3 Å². The Morgan fingerprint density at radius 3 is 2.52 bits per heavy atom. The lowest BCUT2D eigenvalue weighted by Crippen LogP contribution is -2.28. The van der Waals surface area contributed by atoms with Crippen LogP contribution in [0.2, 0.25) is 0 Å². The van der Waals surface area contributed by atoms with Gasteiger partial charge in [0, 0.05) is 17.5 Å². The Kier molecular flexibility index (Phi) is 6.12. The van der Waals surface area contributed by atoms with E-state index in [2.05, 4.69) is 11.1 Å². The molecule has 198 valence electrons. The predicted molar refractivity (Wildman–Crippen MR) is 154 cm³/mol. The van der Waals surface area contributed by atoms with E-state index in [1.54, 1.807) is 36.5 Å². The summed E-state index contributed by atoms with van der Waals surface area (Å²) in [4.78, 5) is 18.2. The number of thiazole rings is 1. The van der Waals surface area contributed by atoms with Crippen LogP contribution in [0.15, 0.2) is 105 Å². The smallest absolute Gasteiger partial charge is 0.345 e. The molecule has 2 unspecified atom stereocenters. The van der Waals surface area contributed by atoms with Crippen LogP contribution in [0.3, 0.4) is 0 Å². The summed E-state index contributed by atoms with van der Waals surface area (Å²) in [5, 5.41) is 8.48. The Morgan fingerprint density at radius 2 is 1.73 bits per heavy atom. The van der Waals surface area contributed by atoms with Gasteiger partial charge in [0.15, 0.2) is 0 Å². The quantitative estimate of drug-likeness (QED) is 0.212. The molecule has 3 aromatic carbocycles. The summed E-state index contributed by atoms with van der Waals surface area (Å²) < 4.78 is 32.9. The molecular weight excluding hydrogens is 528 g/mol. The molecule has 40 heavy (non-hydrogen) atoms. The first-order valence-electron chi connectivity index (χ1n) is 13.1. The number of allylic oxidation sites excluding steroid dienone is 1. The van der Waals surface area contributed by atoms with Gasteiger partial charge in [0.2, 0.25) is 5.13 Å². The number of hydrogen-bond acceptors (Lipinski definition) is 6. The van der Waals surface area contributed by atoms with Crippen molar-refractivity contribution < 1.29 is 13.2 Å². The lowest BCUT2D eigenvalue weighted by Gasteiger charge is -2.29. The molecule has 2 aliphatic rings. The molecule has 1 fully saturated rings. The zero-order chi connectivity index (χ0) is 27.2. The monoisotopic (exact) mass is 551 g/mol. The SMILES string of the molecule is O=c1oc2ccccc2cc1-c1cnc(N2N=C3/C(=C/c4ccc(F)cc4)CCCC3C2c2ccc(F)cc2)s1. The van der Waals surface area contributed by atoms with Gasteiger partial charge in [0.05, 0.1) is 22.2 Å². The predicted octanol–water partition coefficient (Wildman–Crippen LogP) is 8.00. The Labute approximate surface area is 232 Å². The van der Waals surface area contributed by atoms with E-state index < -0.39 is 5.63 Å². The van der Waals surface area contributed by atoms with Crippen LogP contribution in [0.4, 0.5) is 13.9 Å². The maximum atomic E-state index is 13.9.